The summed E-state index contributed by atoms with van der Waals surface area (Å²) in [4.78, 5) is 37.8. The van der Waals surface area contributed by atoms with Crippen LogP contribution < -0.4 is 15.4 Å². The standard InChI is InChI=1S/C18H25N3O4/c1-12(2)9-10-18(3)16(23)21(17(24)20-18)11-15(22)19-13-5-7-14(25-4)8-6-13/h5-8,12H,9-11H2,1-4H3,(H,19,22)(H,20,24)/t18-/m0/s1. The normalized spacial score (nSPS) is 20.0. The summed E-state index contributed by atoms with van der Waals surface area (Å²) in [6.07, 6.45) is 1.36. The summed E-state index contributed by atoms with van der Waals surface area (Å²) in [5, 5.41) is 5.38. The van der Waals surface area contributed by atoms with Gasteiger partial charge in [0.25, 0.3) is 5.91 Å². The molecule has 1 aromatic rings. The minimum absolute atomic E-state index is 0.312. The Hall–Kier alpha value is -2.57. The van der Waals surface area contributed by atoms with E-state index < -0.39 is 17.5 Å². The lowest BCUT2D eigenvalue weighted by molar-refractivity contribution is -0.133. The number of hydrogen-bond acceptors (Lipinski definition) is 4. The Labute approximate surface area is 147 Å². The van der Waals surface area contributed by atoms with E-state index in [1.165, 1.54) is 0 Å². The molecule has 0 aliphatic carbocycles. The summed E-state index contributed by atoms with van der Waals surface area (Å²) in [6, 6.07) is 6.28. The van der Waals surface area contributed by atoms with Gasteiger partial charge in [-0.1, -0.05) is 13.8 Å². The minimum Gasteiger partial charge on any atom is -0.497 e. The molecular formula is C18H25N3O4. The third kappa shape index (κ3) is 4.49. The molecule has 7 heteroatoms. The van der Waals surface area contributed by atoms with Crippen molar-refractivity contribution >= 4 is 23.5 Å². The van der Waals surface area contributed by atoms with Crippen molar-refractivity contribution in [1.29, 1.82) is 0 Å². The number of imide groups is 1. The smallest absolute Gasteiger partial charge is 0.325 e. The van der Waals surface area contributed by atoms with E-state index in [2.05, 4.69) is 24.5 Å². The Balaban J connectivity index is 1.97. The van der Waals surface area contributed by atoms with Gasteiger partial charge in [-0.05, 0) is 49.9 Å². The molecule has 136 valence electrons. The number of nitrogens with zero attached hydrogens (tertiary/aromatic N) is 1. The molecule has 1 aliphatic heterocycles. The topological polar surface area (TPSA) is 87.7 Å². The number of carbonyl (C=O) groups excluding carboxylic acids is 3. The van der Waals surface area contributed by atoms with Crippen molar-refractivity contribution in [2.45, 2.75) is 39.2 Å². The van der Waals surface area contributed by atoms with E-state index in [-0.39, 0.29) is 12.5 Å². The van der Waals surface area contributed by atoms with E-state index in [4.69, 9.17) is 4.74 Å². The van der Waals surface area contributed by atoms with Crippen LogP contribution in [0.3, 0.4) is 0 Å². The Kier molecular flexibility index (Phi) is 5.66. The largest absolute Gasteiger partial charge is 0.497 e. The molecule has 1 atom stereocenters. The van der Waals surface area contributed by atoms with Gasteiger partial charge in [0.2, 0.25) is 5.91 Å². The summed E-state index contributed by atoms with van der Waals surface area (Å²) in [6.45, 7) is 5.51. The van der Waals surface area contributed by atoms with Gasteiger partial charge in [0.05, 0.1) is 7.11 Å². The molecule has 0 aromatic heterocycles. The molecule has 25 heavy (non-hydrogen) atoms. The van der Waals surface area contributed by atoms with Crippen LogP contribution >= 0.6 is 0 Å². The van der Waals surface area contributed by atoms with Crippen molar-refractivity contribution in [3.05, 3.63) is 24.3 Å². The molecule has 2 rings (SSSR count). The Bertz CT molecular complexity index is 657. The number of nitrogens with one attached hydrogen (secondary N) is 2. The zero-order valence-electron chi connectivity index (χ0n) is 15.1. The van der Waals surface area contributed by atoms with Gasteiger partial charge in [-0.3, -0.25) is 14.5 Å². The van der Waals surface area contributed by atoms with Crippen molar-refractivity contribution in [3.63, 3.8) is 0 Å². The highest BCUT2D eigenvalue weighted by atomic mass is 16.5. The van der Waals surface area contributed by atoms with Crippen LogP contribution in [-0.2, 0) is 9.59 Å². The van der Waals surface area contributed by atoms with Gasteiger partial charge in [-0.25, -0.2) is 4.79 Å². The zero-order valence-corrected chi connectivity index (χ0v) is 15.1. The fourth-order valence-electron chi connectivity index (χ4n) is 2.66. The maximum absolute atomic E-state index is 12.6. The van der Waals surface area contributed by atoms with Gasteiger partial charge in [-0.2, -0.15) is 0 Å². The molecule has 4 amide bonds. The fraction of sp³-hybridized carbons (Fsp3) is 0.500. The van der Waals surface area contributed by atoms with Crippen LogP contribution in [0.2, 0.25) is 0 Å². The number of urea groups is 1. The Morgan fingerprint density at radius 3 is 2.48 bits per heavy atom. The molecule has 0 spiro atoms. The number of ether oxygens (including phenoxy) is 1. The number of anilines is 1. The van der Waals surface area contributed by atoms with Crippen LogP contribution in [-0.4, -0.2) is 41.9 Å². The highest BCUT2D eigenvalue weighted by Gasteiger charge is 2.47. The van der Waals surface area contributed by atoms with Gasteiger partial charge in [0, 0.05) is 5.69 Å². The third-order valence-corrected chi connectivity index (χ3v) is 4.24. The first-order valence-corrected chi connectivity index (χ1v) is 8.33. The molecule has 0 radical (unpaired) electrons. The zero-order chi connectivity index (χ0) is 18.6. The lowest BCUT2D eigenvalue weighted by Crippen LogP contribution is -2.44. The van der Waals surface area contributed by atoms with Gasteiger partial charge < -0.3 is 15.4 Å². The number of methoxy groups -OCH3 is 1. The van der Waals surface area contributed by atoms with E-state index in [0.717, 1.165) is 11.3 Å². The van der Waals surface area contributed by atoms with E-state index in [1.807, 2.05) is 0 Å². The first-order chi connectivity index (χ1) is 11.7. The van der Waals surface area contributed by atoms with Gasteiger partial charge in [0.1, 0.15) is 17.8 Å². The third-order valence-electron chi connectivity index (χ3n) is 4.24. The average Bonchev–Trinajstić information content (AvgIpc) is 2.77. The van der Waals surface area contributed by atoms with E-state index >= 15 is 0 Å². The average molecular weight is 347 g/mol. The maximum atomic E-state index is 12.6. The molecule has 1 saturated heterocycles. The van der Waals surface area contributed by atoms with Crippen molar-refractivity contribution in [1.82, 2.24) is 10.2 Å². The monoisotopic (exact) mass is 347 g/mol. The summed E-state index contributed by atoms with van der Waals surface area (Å²) in [7, 11) is 1.56. The highest BCUT2D eigenvalue weighted by Crippen LogP contribution is 2.24. The Morgan fingerprint density at radius 2 is 1.92 bits per heavy atom. The second kappa shape index (κ2) is 7.55. The molecule has 1 aliphatic rings. The molecule has 0 unspecified atom stereocenters. The minimum atomic E-state index is -0.943. The second-order valence-corrected chi connectivity index (χ2v) is 6.86. The molecule has 7 nitrogen and oxygen atoms in total. The van der Waals surface area contributed by atoms with E-state index in [0.29, 0.717) is 23.8 Å². The first-order valence-electron chi connectivity index (χ1n) is 8.33. The molecule has 1 heterocycles. The molecule has 0 saturated carbocycles. The lowest BCUT2D eigenvalue weighted by atomic mass is 9.92. The van der Waals surface area contributed by atoms with Crippen LogP contribution in [0.4, 0.5) is 10.5 Å². The highest BCUT2D eigenvalue weighted by molar-refractivity contribution is 6.09. The predicted molar refractivity (Wildman–Crippen MR) is 94.3 cm³/mol. The van der Waals surface area contributed by atoms with Crippen LogP contribution in [0.15, 0.2) is 24.3 Å². The fourth-order valence-corrected chi connectivity index (χ4v) is 2.66. The van der Waals surface area contributed by atoms with Crippen molar-refractivity contribution in [2.75, 3.05) is 19.0 Å². The van der Waals surface area contributed by atoms with Crippen LogP contribution in [0.1, 0.15) is 33.6 Å². The molecular weight excluding hydrogens is 322 g/mol. The number of carbonyl (C=O) groups is 3. The number of benzene rings is 1. The van der Waals surface area contributed by atoms with Crippen LogP contribution in [0.25, 0.3) is 0 Å². The summed E-state index contributed by atoms with van der Waals surface area (Å²) in [5.41, 5.74) is -0.373. The van der Waals surface area contributed by atoms with Crippen molar-refractivity contribution in [3.8, 4) is 5.75 Å². The predicted octanol–water partition coefficient (Wildman–Crippen LogP) is 2.38. The van der Waals surface area contributed by atoms with Crippen molar-refractivity contribution in [2.24, 2.45) is 5.92 Å². The number of hydrogen-bond donors (Lipinski definition) is 2. The molecule has 1 fully saturated rings. The summed E-state index contributed by atoms with van der Waals surface area (Å²) >= 11 is 0. The number of amides is 4. The van der Waals surface area contributed by atoms with Gasteiger partial charge in [0.15, 0.2) is 0 Å². The van der Waals surface area contributed by atoms with E-state index in [9.17, 15) is 14.4 Å². The molecule has 0 bridgehead atoms. The molecule has 1 aromatic carbocycles. The summed E-state index contributed by atoms with van der Waals surface area (Å²) in [5.74, 6) is 0.312. The number of rotatable bonds is 7. The van der Waals surface area contributed by atoms with Crippen molar-refractivity contribution < 1.29 is 19.1 Å². The molecule has 2 N–H and O–H groups in total. The lowest BCUT2D eigenvalue weighted by Gasteiger charge is -2.22. The van der Waals surface area contributed by atoms with Crippen LogP contribution in [0, 0.1) is 5.92 Å². The summed E-state index contributed by atoms with van der Waals surface area (Å²) < 4.78 is 5.05. The van der Waals surface area contributed by atoms with Gasteiger partial charge in [-0.15, -0.1) is 0 Å². The second-order valence-electron chi connectivity index (χ2n) is 6.86. The first kappa shape index (κ1) is 18.8. The SMILES string of the molecule is COc1ccc(NC(=O)CN2C(=O)N[C@@](C)(CCC(C)C)C2=O)cc1. The Morgan fingerprint density at radius 1 is 1.28 bits per heavy atom. The van der Waals surface area contributed by atoms with E-state index in [1.54, 1.807) is 38.3 Å². The van der Waals surface area contributed by atoms with Crippen LogP contribution in [0.5, 0.6) is 5.75 Å². The van der Waals surface area contributed by atoms with Gasteiger partial charge >= 0.3 is 6.03 Å². The quantitative estimate of drug-likeness (QED) is 0.741. The maximum Gasteiger partial charge on any atom is 0.325 e.